The van der Waals surface area contributed by atoms with Crippen LogP contribution in [0.2, 0.25) is 0 Å². The highest BCUT2D eigenvalue weighted by Gasteiger charge is 2.23. The maximum absolute atomic E-state index is 13.0. The quantitative estimate of drug-likeness (QED) is 0.487. The standard InChI is InChI=1S/C23H24BN3O6/c1-32-17-5-6-18-19(12-17)26-20(13-21(18)33-2)22(28)25-16-10-14(9-15(11-16)24(30)31)23(29)27-7-3-4-8-27/h5-6,9-13,30-31H,3-4,7-8H2,1-2H3,(H,25,28). The Bertz CT molecular complexity index is 1210. The van der Waals surface area contributed by atoms with Gasteiger partial charge in [-0.05, 0) is 48.6 Å². The number of carbonyl (C=O) groups is 2. The predicted octanol–water partition coefficient (Wildman–Crippen LogP) is 1.42. The minimum Gasteiger partial charge on any atom is -0.497 e. The van der Waals surface area contributed by atoms with Crippen molar-refractivity contribution in [2.75, 3.05) is 32.6 Å². The Labute approximate surface area is 191 Å². The molecule has 2 amide bonds. The van der Waals surface area contributed by atoms with E-state index in [4.69, 9.17) is 9.47 Å². The van der Waals surface area contributed by atoms with Crippen molar-refractivity contribution in [3.05, 3.63) is 53.7 Å². The van der Waals surface area contributed by atoms with E-state index < -0.39 is 13.0 Å². The monoisotopic (exact) mass is 449 g/mol. The second-order valence-electron chi connectivity index (χ2n) is 7.76. The van der Waals surface area contributed by atoms with E-state index in [0.29, 0.717) is 30.1 Å². The van der Waals surface area contributed by atoms with Gasteiger partial charge < -0.3 is 29.7 Å². The largest absolute Gasteiger partial charge is 0.497 e. The van der Waals surface area contributed by atoms with Gasteiger partial charge in [-0.15, -0.1) is 0 Å². The molecule has 0 bridgehead atoms. The van der Waals surface area contributed by atoms with E-state index in [0.717, 1.165) is 18.2 Å². The summed E-state index contributed by atoms with van der Waals surface area (Å²) >= 11 is 0. The van der Waals surface area contributed by atoms with Crippen molar-refractivity contribution < 1.29 is 29.1 Å². The molecule has 3 aromatic rings. The second-order valence-corrected chi connectivity index (χ2v) is 7.76. The molecule has 0 aliphatic carbocycles. The van der Waals surface area contributed by atoms with Crippen LogP contribution in [0.5, 0.6) is 11.5 Å². The van der Waals surface area contributed by atoms with Crippen LogP contribution in [0.1, 0.15) is 33.7 Å². The van der Waals surface area contributed by atoms with Crippen LogP contribution in [0.15, 0.2) is 42.5 Å². The van der Waals surface area contributed by atoms with Gasteiger partial charge in [0.05, 0.1) is 19.7 Å². The highest BCUT2D eigenvalue weighted by atomic mass is 16.5. The van der Waals surface area contributed by atoms with Crippen LogP contribution in [0.3, 0.4) is 0 Å². The predicted molar refractivity (Wildman–Crippen MR) is 124 cm³/mol. The molecule has 10 heteroatoms. The van der Waals surface area contributed by atoms with E-state index in [1.165, 1.54) is 31.4 Å². The molecule has 2 heterocycles. The van der Waals surface area contributed by atoms with Crippen LogP contribution in [-0.2, 0) is 0 Å². The van der Waals surface area contributed by atoms with Gasteiger partial charge in [-0.25, -0.2) is 4.98 Å². The number of amides is 2. The fraction of sp³-hybridized carbons (Fsp3) is 0.261. The zero-order valence-corrected chi connectivity index (χ0v) is 18.4. The molecule has 1 saturated heterocycles. The number of rotatable bonds is 6. The lowest BCUT2D eigenvalue weighted by atomic mass is 9.79. The molecule has 2 aromatic carbocycles. The first-order valence-corrected chi connectivity index (χ1v) is 10.5. The molecule has 33 heavy (non-hydrogen) atoms. The Morgan fingerprint density at radius 2 is 1.79 bits per heavy atom. The molecular weight excluding hydrogens is 425 g/mol. The van der Waals surface area contributed by atoms with Crippen molar-refractivity contribution in [3.63, 3.8) is 0 Å². The number of anilines is 1. The first kappa shape index (κ1) is 22.6. The third-order valence-electron chi connectivity index (χ3n) is 5.58. The van der Waals surface area contributed by atoms with E-state index in [1.807, 2.05) is 0 Å². The number of hydrogen-bond donors (Lipinski definition) is 3. The highest BCUT2D eigenvalue weighted by Crippen LogP contribution is 2.28. The molecule has 170 valence electrons. The summed E-state index contributed by atoms with van der Waals surface area (Å²) in [7, 11) is 1.25. The van der Waals surface area contributed by atoms with Crippen LogP contribution in [0.25, 0.3) is 10.9 Å². The van der Waals surface area contributed by atoms with Gasteiger partial charge in [0, 0.05) is 41.9 Å². The fourth-order valence-electron chi connectivity index (χ4n) is 3.88. The van der Waals surface area contributed by atoms with Crippen molar-refractivity contribution in [1.29, 1.82) is 0 Å². The van der Waals surface area contributed by atoms with Gasteiger partial charge in [0.25, 0.3) is 11.8 Å². The molecule has 1 aliphatic heterocycles. The topological polar surface area (TPSA) is 121 Å². The number of fused-ring (bicyclic) bond motifs is 1. The Morgan fingerprint density at radius 3 is 2.45 bits per heavy atom. The van der Waals surface area contributed by atoms with E-state index in [-0.39, 0.29) is 28.3 Å². The number of nitrogens with one attached hydrogen (secondary N) is 1. The average Bonchev–Trinajstić information content (AvgIpc) is 3.37. The van der Waals surface area contributed by atoms with Gasteiger partial charge in [-0.3, -0.25) is 9.59 Å². The lowest BCUT2D eigenvalue weighted by molar-refractivity contribution is 0.0792. The smallest absolute Gasteiger partial charge is 0.488 e. The van der Waals surface area contributed by atoms with E-state index >= 15 is 0 Å². The summed E-state index contributed by atoms with van der Waals surface area (Å²) in [6.07, 6.45) is 1.86. The molecule has 0 saturated carbocycles. The fourth-order valence-corrected chi connectivity index (χ4v) is 3.88. The number of nitrogens with zero attached hydrogens (tertiary/aromatic N) is 2. The van der Waals surface area contributed by atoms with E-state index in [1.54, 1.807) is 30.2 Å². The van der Waals surface area contributed by atoms with E-state index in [9.17, 15) is 19.6 Å². The molecule has 0 spiro atoms. The number of ether oxygens (including phenoxy) is 2. The molecule has 1 fully saturated rings. The first-order valence-electron chi connectivity index (χ1n) is 10.5. The Morgan fingerprint density at radius 1 is 1.03 bits per heavy atom. The van der Waals surface area contributed by atoms with E-state index in [2.05, 4.69) is 10.3 Å². The molecule has 4 rings (SSSR count). The van der Waals surface area contributed by atoms with Crippen molar-refractivity contribution in [2.24, 2.45) is 0 Å². The summed E-state index contributed by atoms with van der Waals surface area (Å²) < 4.78 is 10.7. The third kappa shape index (κ3) is 4.76. The molecule has 0 atom stereocenters. The minimum atomic E-state index is -1.79. The van der Waals surface area contributed by atoms with Crippen molar-refractivity contribution >= 4 is 41.0 Å². The summed E-state index contributed by atoms with van der Waals surface area (Å²) in [6, 6.07) is 11.1. The lowest BCUT2D eigenvalue weighted by Crippen LogP contribution is -2.33. The number of aromatic nitrogens is 1. The maximum atomic E-state index is 13.0. The van der Waals surface area contributed by atoms with Crippen LogP contribution < -0.4 is 20.3 Å². The van der Waals surface area contributed by atoms with Crippen molar-refractivity contribution in [3.8, 4) is 11.5 Å². The third-order valence-corrected chi connectivity index (χ3v) is 5.58. The summed E-state index contributed by atoms with van der Waals surface area (Å²) in [6.45, 7) is 1.30. The number of carbonyl (C=O) groups excluding carboxylic acids is 2. The van der Waals surface area contributed by atoms with Crippen molar-refractivity contribution in [1.82, 2.24) is 9.88 Å². The SMILES string of the molecule is COc1ccc2c(OC)cc(C(=O)Nc3cc(B(O)O)cc(C(=O)N4CCCC4)c3)nc2c1. The Kier molecular flexibility index (Phi) is 6.48. The molecular formula is C23H24BN3O6. The van der Waals surface area contributed by atoms with Crippen molar-refractivity contribution in [2.45, 2.75) is 12.8 Å². The van der Waals surface area contributed by atoms with Crippen LogP contribution >= 0.6 is 0 Å². The van der Waals surface area contributed by atoms with Gasteiger partial charge in [0.15, 0.2) is 0 Å². The Balaban J connectivity index is 1.67. The normalized spacial score (nSPS) is 13.2. The number of pyridine rings is 1. The maximum Gasteiger partial charge on any atom is 0.488 e. The van der Waals surface area contributed by atoms with Gasteiger partial charge in [-0.2, -0.15) is 0 Å². The Hall–Kier alpha value is -3.63. The zero-order chi connectivity index (χ0) is 23.5. The molecule has 3 N–H and O–H groups in total. The van der Waals surface area contributed by atoms with Gasteiger partial charge >= 0.3 is 7.12 Å². The number of hydrogen-bond acceptors (Lipinski definition) is 7. The highest BCUT2D eigenvalue weighted by molar-refractivity contribution is 6.58. The summed E-state index contributed by atoms with van der Waals surface area (Å²) in [4.78, 5) is 32.0. The first-order chi connectivity index (χ1) is 15.9. The number of likely N-dealkylation sites (tertiary alicyclic amines) is 1. The molecule has 1 aromatic heterocycles. The number of methoxy groups -OCH3 is 2. The lowest BCUT2D eigenvalue weighted by Gasteiger charge is -2.17. The van der Waals surface area contributed by atoms with Gasteiger partial charge in [0.2, 0.25) is 0 Å². The zero-order valence-electron chi connectivity index (χ0n) is 18.4. The second kappa shape index (κ2) is 9.47. The summed E-state index contributed by atoms with van der Waals surface area (Å²) in [5.41, 5.74) is 1.23. The molecule has 0 radical (unpaired) electrons. The van der Waals surface area contributed by atoms with Crippen LogP contribution in [-0.4, -0.2) is 66.2 Å². The number of benzene rings is 2. The molecule has 0 unspecified atom stereocenters. The van der Waals surface area contributed by atoms with Gasteiger partial charge in [0.1, 0.15) is 17.2 Å². The summed E-state index contributed by atoms with van der Waals surface area (Å²) in [5, 5.41) is 22.8. The summed E-state index contributed by atoms with van der Waals surface area (Å²) in [5.74, 6) is 0.298. The van der Waals surface area contributed by atoms with Crippen LogP contribution in [0, 0.1) is 0 Å². The van der Waals surface area contributed by atoms with Gasteiger partial charge in [-0.1, -0.05) is 0 Å². The average molecular weight is 449 g/mol. The van der Waals surface area contributed by atoms with Crippen LogP contribution in [0.4, 0.5) is 5.69 Å². The molecule has 9 nitrogen and oxygen atoms in total. The minimum absolute atomic E-state index is 0.0926. The molecule has 1 aliphatic rings.